The zero-order valence-electron chi connectivity index (χ0n) is 15.9. The van der Waals surface area contributed by atoms with Crippen LogP contribution in [0, 0.1) is 5.82 Å². The van der Waals surface area contributed by atoms with E-state index in [-0.39, 0.29) is 31.4 Å². The number of benzene rings is 2. The summed E-state index contributed by atoms with van der Waals surface area (Å²) >= 11 is 0. The number of hydrogen-bond acceptors (Lipinski definition) is 3. The molecule has 7 heteroatoms. The minimum absolute atomic E-state index is 0.167. The third-order valence-electron chi connectivity index (χ3n) is 5.46. The van der Waals surface area contributed by atoms with Gasteiger partial charge in [-0.2, -0.15) is 0 Å². The first-order chi connectivity index (χ1) is 14.0. The second-order valence-electron chi connectivity index (χ2n) is 7.17. The molecule has 1 aromatic heterocycles. The lowest BCUT2D eigenvalue weighted by atomic mass is 10.2. The molecule has 3 aromatic rings. The molecule has 0 aliphatic carbocycles. The van der Waals surface area contributed by atoms with Crippen LogP contribution in [0.2, 0.25) is 0 Å². The molecule has 0 spiro atoms. The molecule has 0 bridgehead atoms. The highest BCUT2D eigenvalue weighted by atomic mass is 19.1. The van der Waals surface area contributed by atoms with Gasteiger partial charge in [-0.25, -0.2) is 9.18 Å². The number of aliphatic carboxylic acids is 1. The maximum absolute atomic E-state index is 14.3. The highest BCUT2D eigenvalue weighted by Crippen LogP contribution is 2.27. The van der Waals surface area contributed by atoms with Crippen molar-refractivity contribution >= 4 is 22.8 Å². The molecular formula is C22H21FN2O4. The van der Waals surface area contributed by atoms with Gasteiger partial charge in [0.25, 0.3) is 5.91 Å². The minimum Gasteiger partial charge on any atom is -0.480 e. The number of rotatable bonds is 5. The summed E-state index contributed by atoms with van der Waals surface area (Å²) in [4.78, 5) is 26.4. The summed E-state index contributed by atoms with van der Waals surface area (Å²) in [5, 5.41) is 10.4. The Bertz CT molecular complexity index is 1080. The lowest BCUT2D eigenvalue weighted by molar-refractivity contribution is -0.141. The van der Waals surface area contributed by atoms with Crippen LogP contribution in [-0.4, -0.2) is 52.3 Å². The van der Waals surface area contributed by atoms with Crippen LogP contribution in [0.5, 0.6) is 0 Å². The number of hydrogen-bond donors (Lipinski definition) is 1. The number of methoxy groups -OCH3 is 1. The van der Waals surface area contributed by atoms with E-state index in [9.17, 15) is 19.1 Å². The summed E-state index contributed by atoms with van der Waals surface area (Å²) in [6, 6.07) is 14.7. The van der Waals surface area contributed by atoms with Gasteiger partial charge in [-0.15, -0.1) is 0 Å². The molecule has 2 aromatic carbocycles. The summed E-state index contributed by atoms with van der Waals surface area (Å²) < 4.78 is 21.3. The SMILES string of the molecule is COC1CC(C(=O)O)N(C(=O)c2cc3ccccc3n2Cc2ccccc2F)C1. The Labute approximate surface area is 167 Å². The summed E-state index contributed by atoms with van der Waals surface area (Å²) in [6.07, 6.45) is -0.0880. The molecule has 1 saturated heterocycles. The van der Waals surface area contributed by atoms with Gasteiger partial charge < -0.3 is 19.3 Å². The van der Waals surface area contributed by atoms with E-state index in [2.05, 4.69) is 0 Å². The second kappa shape index (κ2) is 7.67. The lowest BCUT2D eigenvalue weighted by Crippen LogP contribution is -2.41. The highest BCUT2D eigenvalue weighted by Gasteiger charge is 2.41. The van der Waals surface area contributed by atoms with Gasteiger partial charge in [0.05, 0.1) is 12.6 Å². The van der Waals surface area contributed by atoms with E-state index in [0.29, 0.717) is 11.3 Å². The molecule has 1 N–H and O–H groups in total. The molecule has 4 rings (SSSR count). The standard InChI is InChI=1S/C22H21FN2O4/c1-29-16-11-20(22(27)28)25(13-16)21(26)19-10-14-6-3-5-9-18(14)24(19)12-15-7-2-4-8-17(15)23/h2-10,16,20H,11-13H2,1H3,(H,27,28). The Hall–Kier alpha value is -3.19. The van der Waals surface area contributed by atoms with Gasteiger partial charge in [0.15, 0.2) is 0 Å². The maximum atomic E-state index is 14.3. The first-order valence-corrected chi connectivity index (χ1v) is 9.38. The van der Waals surface area contributed by atoms with Gasteiger partial charge in [-0.05, 0) is 18.2 Å². The van der Waals surface area contributed by atoms with Gasteiger partial charge in [0, 0.05) is 36.5 Å². The predicted molar refractivity (Wildman–Crippen MR) is 105 cm³/mol. The van der Waals surface area contributed by atoms with E-state index < -0.39 is 17.9 Å². The number of carboxylic acid groups (broad SMARTS) is 1. The van der Waals surface area contributed by atoms with Crippen LogP contribution in [-0.2, 0) is 16.1 Å². The Balaban J connectivity index is 1.78. The molecule has 1 fully saturated rings. The predicted octanol–water partition coefficient (Wildman–Crippen LogP) is 3.14. The molecule has 2 unspecified atom stereocenters. The molecule has 1 aliphatic heterocycles. The first kappa shape index (κ1) is 19.1. The monoisotopic (exact) mass is 396 g/mol. The van der Waals surface area contributed by atoms with Crippen molar-refractivity contribution in [1.29, 1.82) is 0 Å². The molecule has 0 saturated carbocycles. The van der Waals surface area contributed by atoms with E-state index in [1.807, 2.05) is 24.3 Å². The topological polar surface area (TPSA) is 71.8 Å². The normalized spacial score (nSPS) is 19.0. The summed E-state index contributed by atoms with van der Waals surface area (Å²) in [5.74, 6) is -1.81. The number of carboxylic acids is 1. The average Bonchev–Trinajstić information content (AvgIpc) is 3.31. The number of aromatic nitrogens is 1. The number of ether oxygens (including phenoxy) is 1. The van der Waals surface area contributed by atoms with Gasteiger partial charge in [0.1, 0.15) is 17.6 Å². The van der Waals surface area contributed by atoms with E-state index in [4.69, 9.17) is 4.74 Å². The van der Waals surface area contributed by atoms with Crippen molar-refractivity contribution in [1.82, 2.24) is 9.47 Å². The van der Waals surface area contributed by atoms with Crippen LogP contribution < -0.4 is 0 Å². The third-order valence-corrected chi connectivity index (χ3v) is 5.46. The van der Waals surface area contributed by atoms with Crippen molar-refractivity contribution in [3.05, 3.63) is 71.7 Å². The fraction of sp³-hybridized carbons (Fsp3) is 0.273. The van der Waals surface area contributed by atoms with Crippen LogP contribution in [0.4, 0.5) is 4.39 Å². The Morgan fingerprint density at radius 1 is 1.17 bits per heavy atom. The van der Waals surface area contributed by atoms with Crippen LogP contribution in [0.1, 0.15) is 22.5 Å². The molecule has 0 radical (unpaired) electrons. The fourth-order valence-corrected chi connectivity index (χ4v) is 3.93. The van der Waals surface area contributed by atoms with E-state index in [0.717, 1.165) is 10.9 Å². The molecule has 29 heavy (non-hydrogen) atoms. The summed E-state index contributed by atoms with van der Waals surface area (Å²) in [7, 11) is 1.51. The average molecular weight is 396 g/mol. The van der Waals surface area contributed by atoms with E-state index >= 15 is 0 Å². The number of halogens is 1. The van der Waals surface area contributed by atoms with Crippen molar-refractivity contribution in [3.63, 3.8) is 0 Å². The Morgan fingerprint density at radius 3 is 2.62 bits per heavy atom. The molecule has 1 amide bonds. The molecule has 2 heterocycles. The number of amides is 1. The summed E-state index contributed by atoms with van der Waals surface area (Å²) in [6.45, 7) is 0.369. The number of carbonyl (C=O) groups excluding carboxylic acids is 1. The van der Waals surface area contributed by atoms with Gasteiger partial charge in [-0.1, -0.05) is 36.4 Å². The molecule has 6 nitrogen and oxygen atoms in total. The lowest BCUT2D eigenvalue weighted by Gasteiger charge is -2.22. The smallest absolute Gasteiger partial charge is 0.326 e. The maximum Gasteiger partial charge on any atom is 0.326 e. The first-order valence-electron chi connectivity index (χ1n) is 9.38. The Morgan fingerprint density at radius 2 is 1.90 bits per heavy atom. The van der Waals surface area contributed by atoms with Gasteiger partial charge in [-0.3, -0.25) is 4.79 Å². The third kappa shape index (κ3) is 3.49. The molecule has 150 valence electrons. The zero-order chi connectivity index (χ0) is 20.5. The fourth-order valence-electron chi connectivity index (χ4n) is 3.93. The van der Waals surface area contributed by atoms with Crippen molar-refractivity contribution in [2.24, 2.45) is 0 Å². The highest BCUT2D eigenvalue weighted by molar-refractivity contribution is 6.00. The second-order valence-corrected chi connectivity index (χ2v) is 7.17. The van der Waals surface area contributed by atoms with Crippen molar-refractivity contribution in [2.45, 2.75) is 25.1 Å². The molecule has 1 aliphatic rings. The van der Waals surface area contributed by atoms with E-state index in [1.165, 1.54) is 18.1 Å². The van der Waals surface area contributed by atoms with Gasteiger partial charge in [0.2, 0.25) is 0 Å². The Kier molecular flexibility index (Phi) is 5.07. The van der Waals surface area contributed by atoms with Crippen molar-refractivity contribution in [2.75, 3.05) is 13.7 Å². The largest absolute Gasteiger partial charge is 0.480 e. The number of para-hydroxylation sites is 1. The number of carbonyl (C=O) groups is 2. The van der Waals surface area contributed by atoms with Crippen molar-refractivity contribution in [3.8, 4) is 0 Å². The van der Waals surface area contributed by atoms with Crippen LogP contribution in [0.25, 0.3) is 10.9 Å². The van der Waals surface area contributed by atoms with Gasteiger partial charge >= 0.3 is 5.97 Å². The minimum atomic E-state index is -1.06. The number of fused-ring (bicyclic) bond motifs is 1. The summed E-state index contributed by atoms with van der Waals surface area (Å²) in [5.41, 5.74) is 1.57. The number of likely N-dealkylation sites (tertiary alicyclic amines) is 1. The van der Waals surface area contributed by atoms with Crippen LogP contribution in [0.3, 0.4) is 0 Å². The zero-order valence-corrected chi connectivity index (χ0v) is 15.9. The van der Waals surface area contributed by atoms with E-state index in [1.54, 1.807) is 28.8 Å². The molecule has 2 atom stereocenters. The number of nitrogens with zero attached hydrogens (tertiary/aromatic N) is 2. The van der Waals surface area contributed by atoms with Crippen molar-refractivity contribution < 1.29 is 23.8 Å². The van der Waals surface area contributed by atoms with Crippen LogP contribution in [0.15, 0.2) is 54.6 Å². The molecular weight excluding hydrogens is 375 g/mol. The van der Waals surface area contributed by atoms with Crippen LogP contribution >= 0.6 is 0 Å². The quantitative estimate of drug-likeness (QED) is 0.719.